The first kappa shape index (κ1) is 27.2. The quantitative estimate of drug-likeness (QED) is 0.111. The van der Waals surface area contributed by atoms with Crippen molar-refractivity contribution in [1.82, 2.24) is 15.3 Å². The van der Waals surface area contributed by atoms with Gasteiger partial charge in [0, 0.05) is 40.4 Å². The van der Waals surface area contributed by atoms with E-state index in [-0.39, 0.29) is 5.91 Å². The summed E-state index contributed by atoms with van der Waals surface area (Å²) >= 11 is 0. The molecule has 3 aromatic carbocycles. The van der Waals surface area contributed by atoms with E-state index < -0.39 is 0 Å². The molecule has 2 aromatic heterocycles. The molecule has 5 rings (SSSR count). The zero-order chi connectivity index (χ0) is 27.9. The smallest absolute Gasteiger partial charge is 0.257 e. The fourth-order valence-electron chi connectivity index (χ4n) is 5.25. The van der Waals surface area contributed by atoms with Crippen LogP contribution in [0.4, 0.5) is 11.4 Å². The van der Waals surface area contributed by atoms with E-state index in [2.05, 4.69) is 76.9 Å². The van der Waals surface area contributed by atoms with Gasteiger partial charge in [0.15, 0.2) is 0 Å². The fraction of sp³-hybridized carbons (Fsp3) is 0.235. The predicted octanol–water partition coefficient (Wildman–Crippen LogP) is 6.84. The number of nitrogens with one attached hydrogen (secondary N) is 3. The summed E-state index contributed by atoms with van der Waals surface area (Å²) in [5, 5.41) is 7.81. The number of pyridine rings is 1. The average Bonchev–Trinajstić information content (AvgIpc) is 3.31. The minimum absolute atomic E-state index is 0.167. The number of aromatic amines is 1. The van der Waals surface area contributed by atoms with Crippen LogP contribution in [0.1, 0.15) is 45.5 Å². The predicted molar refractivity (Wildman–Crippen MR) is 166 cm³/mol. The monoisotopic (exact) mass is 531 g/mol. The number of aryl methyl sites for hydroxylation is 3. The second-order valence-corrected chi connectivity index (χ2v) is 10.5. The number of aromatic nitrogens is 2. The van der Waals surface area contributed by atoms with Gasteiger partial charge in [0.1, 0.15) is 0 Å². The Morgan fingerprint density at radius 1 is 0.900 bits per heavy atom. The summed E-state index contributed by atoms with van der Waals surface area (Å²) in [5.41, 5.74) is 16.4. The number of amides is 1. The third-order valence-electron chi connectivity index (χ3n) is 7.20. The fourth-order valence-corrected chi connectivity index (χ4v) is 5.25. The minimum atomic E-state index is -0.167. The molecule has 0 unspecified atom stereocenters. The Morgan fingerprint density at radius 2 is 1.70 bits per heavy atom. The molecular weight excluding hydrogens is 494 g/mol. The molecule has 0 aliphatic rings. The molecule has 0 aliphatic carbocycles. The van der Waals surface area contributed by atoms with E-state index in [1.165, 1.54) is 27.8 Å². The molecule has 0 spiro atoms. The number of H-pyrrole nitrogens is 1. The van der Waals surface area contributed by atoms with Crippen molar-refractivity contribution >= 4 is 28.2 Å². The molecule has 0 aliphatic heterocycles. The highest BCUT2D eigenvalue weighted by Gasteiger charge is 2.15. The molecule has 5 N–H and O–H groups in total. The minimum Gasteiger partial charge on any atom is -0.399 e. The maximum atomic E-state index is 12.8. The molecule has 0 bridgehead atoms. The molecule has 2 heterocycles. The van der Waals surface area contributed by atoms with Gasteiger partial charge in [0.2, 0.25) is 0 Å². The standard InChI is InChI=1S/C34H37N5O/c1-23-18-24(2)20-27(19-23)33-30(14-17-36-15-4-3-6-25-8-10-28(35)11-9-25)31-21-29(12-13-32(31)39-33)38-34(40)26-7-5-16-37-22-26/h5,7-13,16,18-22,36,39H,3-4,6,14-15,17,35H2,1-2H3,(H,38,40). The molecule has 0 radical (unpaired) electrons. The number of benzene rings is 3. The zero-order valence-electron chi connectivity index (χ0n) is 23.3. The molecule has 6 heteroatoms. The van der Waals surface area contributed by atoms with E-state index >= 15 is 0 Å². The van der Waals surface area contributed by atoms with E-state index in [1.54, 1.807) is 24.5 Å². The van der Waals surface area contributed by atoms with Gasteiger partial charge in [0.25, 0.3) is 5.91 Å². The Morgan fingerprint density at radius 3 is 2.45 bits per heavy atom. The summed E-state index contributed by atoms with van der Waals surface area (Å²) in [4.78, 5) is 20.5. The van der Waals surface area contributed by atoms with Crippen LogP contribution in [-0.4, -0.2) is 29.0 Å². The van der Waals surface area contributed by atoms with Crippen LogP contribution in [-0.2, 0) is 12.8 Å². The van der Waals surface area contributed by atoms with Gasteiger partial charge in [-0.3, -0.25) is 9.78 Å². The van der Waals surface area contributed by atoms with E-state index in [0.29, 0.717) is 5.56 Å². The molecule has 0 atom stereocenters. The van der Waals surface area contributed by atoms with Gasteiger partial charge in [-0.15, -0.1) is 0 Å². The van der Waals surface area contributed by atoms with Crippen LogP contribution in [0.3, 0.4) is 0 Å². The Kier molecular flexibility index (Phi) is 8.57. The van der Waals surface area contributed by atoms with Crippen molar-refractivity contribution in [2.24, 2.45) is 0 Å². The first-order valence-electron chi connectivity index (χ1n) is 14.0. The molecule has 204 valence electrons. The number of rotatable bonds is 11. The highest BCUT2D eigenvalue weighted by molar-refractivity contribution is 6.05. The normalized spacial score (nSPS) is 11.2. The Balaban J connectivity index is 1.30. The van der Waals surface area contributed by atoms with E-state index in [0.717, 1.165) is 66.7 Å². The van der Waals surface area contributed by atoms with Crippen LogP contribution in [0, 0.1) is 13.8 Å². The van der Waals surface area contributed by atoms with Crippen molar-refractivity contribution in [1.29, 1.82) is 0 Å². The summed E-state index contributed by atoms with van der Waals surface area (Å²) < 4.78 is 0. The Bertz CT molecular complexity index is 1570. The number of carbonyl (C=O) groups is 1. The second kappa shape index (κ2) is 12.6. The highest BCUT2D eigenvalue weighted by Crippen LogP contribution is 2.33. The maximum Gasteiger partial charge on any atom is 0.257 e. The van der Waals surface area contributed by atoms with Crippen molar-refractivity contribution in [3.63, 3.8) is 0 Å². The summed E-state index contributed by atoms with van der Waals surface area (Å²) in [6.45, 7) is 6.12. The summed E-state index contributed by atoms with van der Waals surface area (Å²) in [6, 6.07) is 24.4. The van der Waals surface area contributed by atoms with Gasteiger partial charge < -0.3 is 21.4 Å². The van der Waals surface area contributed by atoms with Crippen LogP contribution in [0.25, 0.3) is 22.2 Å². The molecule has 0 saturated carbocycles. The van der Waals surface area contributed by atoms with Crippen molar-refractivity contribution in [2.45, 2.75) is 39.5 Å². The van der Waals surface area contributed by atoms with Gasteiger partial charge in [-0.2, -0.15) is 0 Å². The zero-order valence-corrected chi connectivity index (χ0v) is 23.3. The molecule has 6 nitrogen and oxygen atoms in total. The molecule has 0 saturated heterocycles. The van der Waals surface area contributed by atoms with Crippen LogP contribution in [0.2, 0.25) is 0 Å². The lowest BCUT2D eigenvalue weighted by Crippen LogP contribution is -2.18. The van der Waals surface area contributed by atoms with Crippen molar-refractivity contribution < 1.29 is 4.79 Å². The first-order chi connectivity index (χ1) is 19.5. The number of hydrogen-bond acceptors (Lipinski definition) is 4. The first-order valence-corrected chi connectivity index (χ1v) is 14.0. The summed E-state index contributed by atoms with van der Waals surface area (Å²) in [5.74, 6) is -0.167. The van der Waals surface area contributed by atoms with E-state index in [4.69, 9.17) is 5.73 Å². The van der Waals surface area contributed by atoms with Gasteiger partial charge in [-0.05, 0) is 124 Å². The average molecular weight is 532 g/mol. The van der Waals surface area contributed by atoms with Crippen molar-refractivity contribution in [3.8, 4) is 11.3 Å². The molecule has 5 aromatic rings. The molecule has 40 heavy (non-hydrogen) atoms. The third-order valence-corrected chi connectivity index (χ3v) is 7.20. The summed E-state index contributed by atoms with van der Waals surface area (Å²) in [7, 11) is 0. The number of nitrogens with two attached hydrogens (primary N) is 1. The van der Waals surface area contributed by atoms with E-state index in [9.17, 15) is 4.79 Å². The summed E-state index contributed by atoms with van der Waals surface area (Å²) in [6.07, 6.45) is 7.44. The van der Waals surface area contributed by atoms with Crippen LogP contribution in [0.15, 0.2) is 85.2 Å². The molecule has 0 fully saturated rings. The topological polar surface area (TPSA) is 95.8 Å². The lowest BCUT2D eigenvalue weighted by Gasteiger charge is -2.10. The lowest BCUT2D eigenvalue weighted by atomic mass is 9.99. The number of anilines is 2. The number of nitrogens with zero attached hydrogens (tertiary/aromatic N) is 1. The number of nitrogen functional groups attached to an aromatic ring is 1. The number of fused-ring (bicyclic) bond motifs is 1. The molecular formula is C34H37N5O. The van der Waals surface area contributed by atoms with Crippen molar-refractivity contribution in [2.75, 3.05) is 24.1 Å². The van der Waals surface area contributed by atoms with Crippen molar-refractivity contribution in [3.05, 3.63) is 113 Å². The van der Waals surface area contributed by atoms with Gasteiger partial charge in [0.05, 0.1) is 5.56 Å². The SMILES string of the molecule is Cc1cc(C)cc(-c2[nH]c3ccc(NC(=O)c4cccnc4)cc3c2CCNCCCCc2ccc(N)cc2)c1. The van der Waals surface area contributed by atoms with Crippen LogP contribution >= 0.6 is 0 Å². The largest absolute Gasteiger partial charge is 0.399 e. The Hall–Kier alpha value is -4.42. The highest BCUT2D eigenvalue weighted by atomic mass is 16.1. The van der Waals surface area contributed by atoms with Gasteiger partial charge in [-0.25, -0.2) is 0 Å². The number of carbonyl (C=O) groups excluding carboxylic acids is 1. The van der Waals surface area contributed by atoms with Crippen LogP contribution < -0.4 is 16.4 Å². The lowest BCUT2D eigenvalue weighted by molar-refractivity contribution is 0.102. The van der Waals surface area contributed by atoms with E-state index in [1.807, 2.05) is 18.2 Å². The van der Waals surface area contributed by atoms with Crippen LogP contribution in [0.5, 0.6) is 0 Å². The maximum absolute atomic E-state index is 12.8. The molecule has 1 amide bonds. The Labute approximate surface area is 236 Å². The van der Waals surface area contributed by atoms with Gasteiger partial charge in [-0.1, -0.05) is 29.3 Å². The number of unbranched alkanes of at least 4 members (excludes halogenated alkanes) is 1. The third kappa shape index (κ3) is 6.77. The second-order valence-electron chi connectivity index (χ2n) is 10.5. The van der Waals surface area contributed by atoms with Gasteiger partial charge >= 0.3 is 0 Å². The number of hydrogen-bond donors (Lipinski definition) is 4.